The Kier molecular flexibility index (Phi) is 4.20. The van der Waals surface area contributed by atoms with Crippen molar-refractivity contribution in [1.82, 2.24) is 10.3 Å². The van der Waals surface area contributed by atoms with E-state index in [0.29, 0.717) is 5.92 Å². The zero-order valence-corrected chi connectivity index (χ0v) is 12.7. The van der Waals surface area contributed by atoms with Crippen LogP contribution in [0.1, 0.15) is 41.6 Å². The highest BCUT2D eigenvalue weighted by Gasteiger charge is 2.29. The first-order valence-electron chi connectivity index (χ1n) is 7.58. The number of benzene rings is 1. The molecule has 2 aromatic rings. The Morgan fingerprint density at radius 1 is 1.29 bits per heavy atom. The minimum Gasteiger partial charge on any atom is -0.497 e. The quantitative estimate of drug-likeness (QED) is 0.932. The summed E-state index contributed by atoms with van der Waals surface area (Å²) < 4.78 is 5.36. The van der Waals surface area contributed by atoms with Crippen LogP contribution in [0, 0.1) is 0 Å². The first-order chi connectivity index (χ1) is 10.3. The van der Waals surface area contributed by atoms with Gasteiger partial charge in [0, 0.05) is 23.9 Å². The van der Waals surface area contributed by atoms with Gasteiger partial charge in [-0.15, -0.1) is 0 Å². The van der Waals surface area contributed by atoms with E-state index in [1.54, 1.807) is 7.11 Å². The molecule has 1 aromatic heterocycles. The summed E-state index contributed by atoms with van der Waals surface area (Å²) in [6.45, 7) is 0. The second-order valence-corrected chi connectivity index (χ2v) is 5.59. The number of fused-ring (bicyclic) bond motifs is 1. The third kappa shape index (κ3) is 2.79. The molecule has 1 heterocycles. The smallest absolute Gasteiger partial charge is 0.119 e. The molecule has 0 radical (unpaired) electrons. The van der Waals surface area contributed by atoms with Crippen LogP contribution in [0.2, 0.25) is 0 Å². The van der Waals surface area contributed by atoms with Crippen LogP contribution in [-0.4, -0.2) is 19.1 Å². The molecule has 3 rings (SSSR count). The van der Waals surface area contributed by atoms with Crippen molar-refractivity contribution in [3.05, 3.63) is 59.4 Å². The number of ether oxygens (including phenoxy) is 1. The summed E-state index contributed by atoms with van der Waals surface area (Å²) in [7, 11) is 3.74. The van der Waals surface area contributed by atoms with E-state index in [4.69, 9.17) is 4.74 Å². The van der Waals surface area contributed by atoms with Crippen LogP contribution in [0.5, 0.6) is 5.75 Å². The van der Waals surface area contributed by atoms with Crippen molar-refractivity contribution in [3.63, 3.8) is 0 Å². The number of pyridine rings is 1. The minimum absolute atomic E-state index is 0.272. The number of nitrogens with one attached hydrogen (secondary N) is 1. The SMILES string of the molecule is CNC(c1cccc(OC)c1)C1CCCc2cccnc21. The van der Waals surface area contributed by atoms with Crippen LogP contribution in [0.15, 0.2) is 42.6 Å². The van der Waals surface area contributed by atoms with Crippen molar-refractivity contribution < 1.29 is 4.74 Å². The minimum atomic E-state index is 0.272. The number of nitrogens with zero attached hydrogens (tertiary/aromatic N) is 1. The molecule has 1 aliphatic carbocycles. The third-order valence-corrected chi connectivity index (χ3v) is 4.40. The maximum absolute atomic E-state index is 5.36. The van der Waals surface area contributed by atoms with Gasteiger partial charge in [-0.25, -0.2) is 0 Å². The summed E-state index contributed by atoms with van der Waals surface area (Å²) in [5, 5.41) is 3.48. The normalized spacial score (nSPS) is 18.9. The first kappa shape index (κ1) is 14.1. The molecule has 3 heteroatoms. The van der Waals surface area contributed by atoms with Crippen LogP contribution in [0.25, 0.3) is 0 Å². The fraction of sp³-hybridized carbons (Fsp3) is 0.389. The first-order valence-corrected chi connectivity index (χ1v) is 7.58. The summed E-state index contributed by atoms with van der Waals surface area (Å²) in [5.74, 6) is 1.33. The van der Waals surface area contributed by atoms with E-state index in [0.717, 1.165) is 12.2 Å². The Hall–Kier alpha value is -1.87. The molecule has 0 saturated carbocycles. The van der Waals surface area contributed by atoms with Crippen LogP contribution in [0.3, 0.4) is 0 Å². The Balaban J connectivity index is 1.97. The van der Waals surface area contributed by atoms with E-state index in [1.807, 2.05) is 25.4 Å². The lowest BCUT2D eigenvalue weighted by molar-refractivity contribution is 0.402. The number of likely N-dealkylation sites (N-methyl/N-ethyl adjacent to an activating group) is 1. The van der Waals surface area contributed by atoms with Gasteiger partial charge in [-0.2, -0.15) is 0 Å². The van der Waals surface area contributed by atoms with Crippen molar-refractivity contribution in [2.45, 2.75) is 31.2 Å². The molecule has 0 aliphatic heterocycles. The largest absolute Gasteiger partial charge is 0.497 e. The van der Waals surface area contributed by atoms with Crippen molar-refractivity contribution in [2.75, 3.05) is 14.2 Å². The van der Waals surface area contributed by atoms with Crippen LogP contribution in [0.4, 0.5) is 0 Å². The highest BCUT2D eigenvalue weighted by molar-refractivity contribution is 5.35. The summed E-state index contributed by atoms with van der Waals surface area (Å²) in [5.41, 5.74) is 3.92. The van der Waals surface area contributed by atoms with Crippen LogP contribution >= 0.6 is 0 Å². The number of rotatable bonds is 4. The van der Waals surface area contributed by atoms with Gasteiger partial charge in [0.1, 0.15) is 5.75 Å². The Morgan fingerprint density at radius 3 is 3.00 bits per heavy atom. The van der Waals surface area contributed by atoms with Crippen LogP contribution < -0.4 is 10.1 Å². The van der Waals surface area contributed by atoms with E-state index in [2.05, 4.69) is 34.6 Å². The maximum Gasteiger partial charge on any atom is 0.119 e. The second kappa shape index (κ2) is 6.27. The Morgan fingerprint density at radius 2 is 2.19 bits per heavy atom. The van der Waals surface area contributed by atoms with Gasteiger partial charge in [-0.3, -0.25) is 4.98 Å². The van der Waals surface area contributed by atoms with Gasteiger partial charge in [0.2, 0.25) is 0 Å². The fourth-order valence-corrected chi connectivity index (χ4v) is 3.40. The topological polar surface area (TPSA) is 34.1 Å². The van der Waals surface area contributed by atoms with E-state index >= 15 is 0 Å². The Labute approximate surface area is 126 Å². The molecular formula is C18H22N2O. The molecule has 0 saturated heterocycles. The van der Waals surface area contributed by atoms with Crippen molar-refractivity contribution in [2.24, 2.45) is 0 Å². The average Bonchev–Trinajstić information content (AvgIpc) is 2.56. The lowest BCUT2D eigenvalue weighted by Crippen LogP contribution is -2.27. The predicted molar refractivity (Wildman–Crippen MR) is 84.7 cm³/mol. The molecule has 1 aliphatic rings. The third-order valence-electron chi connectivity index (χ3n) is 4.40. The number of methoxy groups -OCH3 is 1. The fourth-order valence-electron chi connectivity index (χ4n) is 3.40. The average molecular weight is 282 g/mol. The molecule has 0 amide bonds. The summed E-state index contributed by atoms with van der Waals surface area (Å²) in [4.78, 5) is 4.67. The summed E-state index contributed by atoms with van der Waals surface area (Å²) >= 11 is 0. The molecule has 0 fully saturated rings. The molecule has 110 valence electrons. The van der Waals surface area contributed by atoms with E-state index in [9.17, 15) is 0 Å². The molecule has 2 atom stereocenters. The molecule has 21 heavy (non-hydrogen) atoms. The number of hydrogen-bond acceptors (Lipinski definition) is 3. The lowest BCUT2D eigenvalue weighted by Gasteiger charge is -2.31. The maximum atomic E-state index is 5.36. The highest BCUT2D eigenvalue weighted by Crippen LogP contribution is 2.39. The summed E-state index contributed by atoms with van der Waals surface area (Å²) in [6.07, 6.45) is 5.46. The highest BCUT2D eigenvalue weighted by atomic mass is 16.5. The van der Waals surface area contributed by atoms with Gasteiger partial charge in [0.05, 0.1) is 7.11 Å². The van der Waals surface area contributed by atoms with E-state index < -0.39 is 0 Å². The number of aromatic nitrogens is 1. The van der Waals surface area contributed by atoms with E-state index in [1.165, 1.54) is 29.7 Å². The van der Waals surface area contributed by atoms with Crippen LogP contribution in [-0.2, 0) is 6.42 Å². The number of hydrogen-bond donors (Lipinski definition) is 1. The molecule has 1 aromatic carbocycles. The van der Waals surface area contributed by atoms with Crippen molar-refractivity contribution in [1.29, 1.82) is 0 Å². The van der Waals surface area contributed by atoms with Gasteiger partial charge < -0.3 is 10.1 Å². The van der Waals surface area contributed by atoms with Crippen molar-refractivity contribution in [3.8, 4) is 5.75 Å². The second-order valence-electron chi connectivity index (χ2n) is 5.59. The van der Waals surface area contributed by atoms with Gasteiger partial charge in [-0.05, 0) is 55.6 Å². The summed E-state index contributed by atoms with van der Waals surface area (Å²) in [6, 6.07) is 12.9. The molecule has 1 N–H and O–H groups in total. The standard InChI is InChI=1S/C18H22N2O/c1-19-17(14-7-3-9-15(12-14)21-2)16-10-4-6-13-8-5-11-20-18(13)16/h3,5,7-9,11-12,16-17,19H,4,6,10H2,1-2H3. The molecular weight excluding hydrogens is 260 g/mol. The van der Waals surface area contributed by atoms with E-state index in [-0.39, 0.29) is 6.04 Å². The predicted octanol–water partition coefficient (Wildman–Crippen LogP) is 3.47. The van der Waals surface area contributed by atoms with Gasteiger partial charge in [0.15, 0.2) is 0 Å². The van der Waals surface area contributed by atoms with Gasteiger partial charge in [-0.1, -0.05) is 18.2 Å². The van der Waals surface area contributed by atoms with Gasteiger partial charge in [0.25, 0.3) is 0 Å². The Bertz CT molecular complexity index is 612. The molecule has 0 spiro atoms. The monoisotopic (exact) mass is 282 g/mol. The molecule has 0 bridgehead atoms. The zero-order valence-electron chi connectivity index (χ0n) is 12.7. The molecule has 2 unspecified atom stereocenters. The van der Waals surface area contributed by atoms with Crippen molar-refractivity contribution >= 4 is 0 Å². The number of aryl methyl sites for hydroxylation is 1. The lowest BCUT2D eigenvalue weighted by atomic mass is 9.79. The molecule has 3 nitrogen and oxygen atoms in total. The van der Waals surface area contributed by atoms with Gasteiger partial charge >= 0.3 is 0 Å². The zero-order chi connectivity index (χ0) is 14.7.